The molecule has 168 valence electrons. The Hall–Kier alpha value is -3.20. The monoisotopic (exact) mass is 437 g/mol. The first-order valence-electron chi connectivity index (χ1n) is 11.2. The Morgan fingerprint density at radius 3 is 2.78 bits per heavy atom. The lowest BCUT2D eigenvalue weighted by atomic mass is 9.91. The minimum atomic E-state index is -0.294. The summed E-state index contributed by atoms with van der Waals surface area (Å²) in [6.45, 7) is 3.46. The van der Waals surface area contributed by atoms with E-state index in [0.717, 1.165) is 24.1 Å². The average Bonchev–Trinajstić information content (AvgIpc) is 3.45. The number of rotatable bonds is 4. The summed E-state index contributed by atoms with van der Waals surface area (Å²) in [5.41, 5.74) is 2.92. The smallest absolute Gasteiger partial charge is 0.257 e. The summed E-state index contributed by atoms with van der Waals surface area (Å²) in [7, 11) is 0. The van der Waals surface area contributed by atoms with E-state index in [1.165, 1.54) is 0 Å². The number of amides is 3. The predicted octanol–water partition coefficient (Wildman–Crippen LogP) is 1.46. The lowest BCUT2D eigenvalue weighted by Gasteiger charge is -2.34. The molecule has 2 fully saturated rings. The van der Waals surface area contributed by atoms with Gasteiger partial charge in [-0.2, -0.15) is 5.10 Å². The SMILES string of the molecule is O=C1N[C@H](CC(=O)N2CCC[C@H](c3[nH]ncc3C(=O)N3CCOCC3)C2)c2ccccc21. The number of piperidine rings is 1. The Kier molecular flexibility index (Phi) is 5.65. The van der Waals surface area contributed by atoms with Crippen LogP contribution in [-0.2, 0) is 9.53 Å². The van der Waals surface area contributed by atoms with Crippen LogP contribution < -0.4 is 5.32 Å². The fourth-order valence-electron chi connectivity index (χ4n) is 4.94. The Balaban J connectivity index is 1.27. The average molecular weight is 438 g/mol. The summed E-state index contributed by atoms with van der Waals surface area (Å²) in [6, 6.07) is 7.11. The Bertz CT molecular complexity index is 1030. The number of morpholine rings is 1. The molecule has 2 N–H and O–H groups in total. The third kappa shape index (κ3) is 3.88. The van der Waals surface area contributed by atoms with E-state index in [2.05, 4.69) is 15.5 Å². The molecular formula is C23H27N5O4. The van der Waals surface area contributed by atoms with Crippen LogP contribution >= 0.6 is 0 Å². The highest BCUT2D eigenvalue weighted by Gasteiger charge is 2.34. The van der Waals surface area contributed by atoms with Crippen LogP contribution in [0.25, 0.3) is 0 Å². The van der Waals surface area contributed by atoms with Gasteiger partial charge in [0.15, 0.2) is 0 Å². The van der Waals surface area contributed by atoms with E-state index in [0.29, 0.717) is 50.5 Å². The van der Waals surface area contributed by atoms with Gasteiger partial charge in [-0.05, 0) is 24.5 Å². The highest BCUT2D eigenvalue weighted by molar-refractivity contribution is 5.99. The molecular weight excluding hydrogens is 410 g/mol. The standard InChI is InChI=1S/C23H27N5O4/c29-20(12-19-16-5-1-2-6-17(16)22(30)25-19)28-7-3-4-15(14-28)21-18(13-24-26-21)23(31)27-8-10-32-11-9-27/h1-2,5-6,13,15,19H,3-4,7-12,14H2,(H,24,26)(H,25,30)/t15-,19+/m0/s1. The normalized spacial score (nSPS) is 23.1. The second-order valence-corrected chi connectivity index (χ2v) is 8.60. The molecule has 2 atom stereocenters. The summed E-state index contributed by atoms with van der Waals surface area (Å²) in [4.78, 5) is 41.9. The Morgan fingerprint density at radius 2 is 1.94 bits per heavy atom. The number of hydrogen-bond acceptors (Lipinski definition) is 5. The van der Waals surface area contributed by atoms with Crippen LogP contribution in [0, 0.1) is 0 Å². The second kappa shape index (κ2) is 8.74. The summed E-state index contributed by atoms with van der Waals surface area (Å²) in [6.07, 6.45) is 3.57. The van der Waals surface area contributed by atoms with E-state index in [1.807, 2.05) is 23.1 Å². The quantitative estimate of drug-likeness (QED) is 0.753. The number of carbonyl (C=O) groups excluding carboxylic acids is 3. The van der Waals surface area contributed by atoms with Gasteiger partial charge < -0.3 is 19.9 Å². The van der Waals surface area contributed by atoms with Crippen LogP contribution in [0.5, 0.6) is 0 Å². The van der Waals surface area contributed by atoms with Crippen molar-refractivity contribution in [2.24, 2.45) is 0 Å². The van der Waals surface area contributed by atoms with Crippen molar-refractivity contribution in [2.75, 3.05) is 39.4 Å². The summed E-state index contributed by atoms with van der Waals surface area (Å²) in [5.74, 6) is -0.123. The van der Waals surface area contributed by atoms with E-state index in [1.54, 1.807) is 17.2 Å². The number of nitrogens with one attached hydrogen (secondary N) is 2. The molecule has 2 saturated heterocycles. The molecule has 3 aliphatic rings. The van der Waals surface area contributed by atoms with E-state index < -0.39 is 0 Å². The molecule has 0 radical (unpaired) electrons. The van der Waals surface area contributed by atoms with Crippen molar-refractivity contribution in [3.05, 3.63) is 52.8 Å². The lowest BCUT2D eigenvalue weighted by molar-refractivity contribution is -0.132. The van der Waals surface area contributed by atoms with Gasteiger partial charge in [-0.1, -0.05) is 18.2 Å². The number of H-pyrrole nitrogens is 1. The van der Waals surface area contributed by atoms with E-state index in [-0.39, 0.29) is 36.1 Å². The number of aromatic nitrogens is 2. The number of fused-ring (bicyclic) bond motifs is 1. The number of nitrogens with zero attached hydrogens (tertiary/aromatic N) is 3. The van der Waals surface area contributed by atoms with Gasteiger partial charge in [-0.15, -0.1) is 0 Å². The van der Waals surface area contributed by atoms with Crippen molar-refractivity contribution in [3.8, 4) is 0 Å². The number of carbonyl (C=O) groups is 3. The van der Waals surface area contributed by atoms with Gasteiger partial charge in [0.2, 0.25) is 5.91 Å². The molecule has 0 aliphatic carbocycles. The zero-order valence-corrected chi connectivity index (χ0v) is 17.9. The molecule has 3 aliphatic heterocycles. The molecule has 4 heterocycles. The number of aromatic amines is 1. The van der Waals surface area contributed by atoms with Crippen molar-refractivity contribution < 1.29 is 19.1 Å². The molecule has 0 saturated carbocycles. The third-order valence-electron chi connectivity index (χ3n) is 6.64. The molecule has 0 bridgehead atoms. The number of ether oxygens (including phenoxy) is 1. The first-order valence-corrected chi connectivity index (χ1v) is 11.2. The van der Waals surface area contributed by atoms with Crippen LogP contribution in [0.3, 0.4) is 0 Å². The summed E-state index contributed by atoms with van der Waals surface area (Å²) < 4.78 is 5.35. The maximum absolute atomic E-state index is 13.1. The highest BCUT2D eigenvalue weighted by Crippen LogP contribution is 2.31. The molecule has 32 heavy (non-hydrogen) atoms. The topological polar surface area (TPSA) is 108 Å². The van der Waals surface area contributed by atoms with Crippen molar-refractivity contribution in [1.29, 1.82) is 0 Å². The fourth-order valence-corrected chi connectivity index (χ4v) is 4.94. The van der Waals surface area contributed by atoms with E-state index >= 15 is 0 Å². The van der Waals surface area contributed by atoms with Gasteiger partial charge in [0, 0.05) is 37.7 Å². The maximum atomic E-state index is 13.1. The number of benzene rings is 1. The molecule has 5 rings (SSSR count). The highest BCUT2D eigenvalue weighted by atomic mass is 16.5. The Labute approximate surface area is 186 Å². The van der Waals surface area contributed by atoms with Crippen LogP contribution in [0.15, 0.2) is 30.5 Å². The summed E-state index contributed by atoms with van der Waals surface area (Å²) in [5, 5.41) is 10.1. The number of likely N-dealkylation sites (tertiary alicyclic amines) is 1. The molecule has 2 aromatic rings. The van der Waals surface area contributed by atoms with E-state index in [9.17, 15) is 14.4 Å². The molecule has 0 spiro atoms. The molecule has 1 aromatic carbocycles. The molecule has 9 nitrogen and oxygen atoms in total. The van der Waals surface area contributed by atoms with Gasteiger partial charge in [0.25, 0.3) is 11.8 Å². The van der Waals surface area contributed by atoms with E-state index in [4.69, 9.17) is 4.74 Å². The number of hydrogen-bond donors (Lipinski definition) is 2. The predicted molar refractivity (Wildman–Crippen MR) is 115 cm³/mol. The zero-order valence-electron chi connectivity index (χ0n) is 17.9. The molecule has 3 amide bonds. The molecule has 0 unspecified atom stereocenters. The van der Waals surface area contributed by atoms with Gasteiger partial charge in [-0.25, -0.2) is 0 Å². The third-order valence-corrected chi connectivity index (χ3v) is 6.64. The first-order chi connectivity index (χ1) is 15.6. The minimum Gasteiger partial charge on any atom is -0.378 e. The lowest BCUT2D eigenvalue weighted by Crippen LogP contribution is -2.42. The van der Waals surface area contributed by atoms with Gasteiger partial charge >= 0.3 is 0 Å². The van der Waals surface area contributed by atoms with Crippen molar-refractivity contribution in [2.45, 2.75) is 31.2 Å². The van der Waals surface area contributed by atoms with Crippen LogP contribution in [0.4, 0.5) is 0 Å². The first kappa shape index (κ1) is 20.7. The zero-order chi connectivity index (χ0) is 22.1. The second-order valence-electron chi connectivity index (χ2n) is 8.60. The van der Waals surface area contributed by atoms with Gasteiger partial charge in [0.05, 0.1) is 43.1 Å². The fraction of sp³-hybridized carbons (Fsp3) is 0.478. The largest absolute Gasteiger partial charge is 0.378 e. The van der Waals surface area contributed by atoms with Crippen LogP contribution in [0.1, 0.15) is 63.2 Å². The van der Waals surface area contributed by atoms with Crippen molar-refractivity contribution in [1.82, 2.24) is 25.3 Å². The Morgan fingerprint density at radius 1 is 1.12 bits per heavy atom. The van der Waals surface area contributed by atoms with Crippen LogP contribution in [0.2, 0.25) is 0 Å². The molecule has 1 aromatic heterocycles. The van der Waals surface area contributed by atoms with Crippen molar-refractivity contribution >= 4 is 17.7 Å². The molecule has 9 heteroatoms. The van der Waals surface area contributed by atoms with Gasteiger partial charge in [-0.3, -0.25) is 19.5 Å². The minimum absolute atomic E-state index is 0.0114. The summed E-state index contributed by atoms with van der Waals surface area (Å²) >= 11 is 0. The van der Waals surface area contributed by atoms with Crippen LogP contribution in [-0.4, -0.2) is 77.1 Å². The van der Waals surface area contributed by atoms with Crippen molar-refractivity contribution in [3.63, 3.8) is 0 Å². The van der Waals surface area contributed by atoms with Gasteiger partial charge in [0.1, 0.15) is 0 Å². The maximum Gasteiger partial charge on any atom is 0.257 e.